The first-order chi connectivity index (χ1) is 12.5. The van der Waals surface area contributed by atoms with Crippen molar-refractivity contribution >= 4 is 27.5 Å². The highest BCUT2D eigenvalue weighted by atomic mass is 32.2. The number of rotatable bonds is 3. The predicted octanol–water partition coefficient (Wildman–Crippen LogP) is 0.703. The molecule has 2 aliphatic heterocycles. The number of carbonyl (C=O) groups is 1. The second-order valence-corrected chi connectivity index (χ2v) is 7.38. The number of sulfonamides is 1. The smallest absolute Gasteiger partial charge is 0.259 e. The molecule has 1 amide bonds. The number of nitrogens with one attached hydrogen (secondary N) is 1. The van der Waals surface area contributed by atoms with E-state index < -0.39 is 15.9 Å². The number of allylic oxidation sites excluding steroid dienone is 2. The van der Waals surface area contributed by atoms with E-state index in [9.17, 15) is 13.2 Å². The lowest BCUT2D eigenvalue weighted by molar-refractivity contribution is -0.112. The van der Waals surface area contributed by atoms with E-state index in [4.69, 9.17) is 0 Å². The highest BCUT2D eigenvalue weighted by Gasteiger charge is 2.30. The van der Waals surface area contributed by atoms with Crippen LogP contribution >= 0.6 is 0 Å². The molecule has 26 heavy (non-hydrogen) atoms. The highest BCUT2D eigenvalue weighted by molar-refractivity contribution is 7.90. The summed E-state index contributed by atoms with van der Waals surface area (Å²) in [7, 11) is -3.57. The lowest BCUT2D eigenvalue weighted by atomic mass is 10.1. The second kappa shape index (κ2) is 6.23. The summed E-state index contributed by atoms with van der Waals surface area (Å²) >= 11 is 0. The van der Waals surface area contributed by atoms with Crippen molar-refractivity contribution in [2.24, 2.45) is 4.40 Å². The number of para-hydroxylation sites is 2. The Morgan fingerprint density at radius 3 is 2.88 bits per heavy atom. The molecule has 1 aromatic heterocycles. The molecule has 4 rings (SSSR count). The number of nitrogens with zero attached hydrogens (tertiary/aromatic N) is 5. The Hall–Kier alpha value is -3.27. The molecule has 2 aliphatic rings. The lowest BCUT2D eigenvalue weighted by Crippen LogP contribution is -2.40. The molecule has 0 unspecified atom stereocenters. The van der Waals surface area contributed by atoms with E-state index in [1.807, 2.05) is 6.07 Å². The van der Waals surface area contributed by atoms with Gasteiger partial charge < -0.3 is 10.2 Å². The Morgan fingerprint density at radius 2 is 2.08 bits per heavy atom. The van der Waals surface area contributed by atoms with Gasteiger partial charge in [0.05, 0.1) is 22.7 Å². The molecule has 9 nitrogen and oxygen atoms in total. The van der Waals surface area contributed by atoms with Crippen LogP contribution in [0.2, 0.25) is 0 Å². The topological polar surface area (TPSA) is 110 Å². The Bertz CT molecular complexity index is 1050. The summed E-state index contributed by atoms with van der Waals surface area (Å²) in [6.45, 7) is 0.262. The largest absolute Gasteiger partial charge is 0.331 e. The van der Waals surface area contributed by atoms with Gasteiger partial charge in [-0.2, -0.15) is 5.10 Å². The zero-order valence-corrected chi connectivity index (χ0v) is 14.3. The highest BCUT2D eigenvalue weighted by Crippen LogP contribution is 2.22. The molecule has 0 spiro atoms. The molecule has 0 fully saturated rings. The summed E-state index contributed by atoms with van der Waals surface area (Å²) in [6.07, 6.45) is 7.85. The van der Waals surface area contributed by atoms with E-state index in [2.05, 4.69) is 19.8 Å². The second-order valence-electron chi connectivity index (χ2n) is 5.63. The van der Waals surface area contributed by atoms with Crippen LogP contribution in [0.5, 0.6) is 0 Å². The fourth-order valence-corrected chi connectivity index (χ4v) is 3.68. The Labute approximate surface area is 149 Å². The molecule has 132 valence electrons. The van der Waals surface area contributed by atoms with E-state index in [1.165, 1.54) is 17.3 Å². The van der Waals surface area contributed by atoms with Crippen molar-refractivity contribution in [3.05, 3.63) is 60.8 Å². The van der Waals surface area contributed by atoms with Crippen LogP contribution in [-0.2, 0) is 14.8 Å². The quantitative estimate of drug-likeness (QED) is 0.852. The third-order valence-electron chi connectivity index (χ3n) is 3.92. The minimum Gasteiger partial charge on any atom is -0.331 e. The van der Waals surface area contributed by atoms with Crippen molar-refractivity contribution < 1.29 is 13.2 Å². The molecule has 0 radical (unpaired) electrons. The molecule has 1 aromatic carbocycles. The van der Waals surface area contributed by atoms with Gasteiger partial charge in [-0.05, 0) is 24.3 Å². The first kappa shape index (κ1) is 16.2. The number of fused-ring (bicyclic) bond motifs is 1. The fourth-order valence-electron chi connectivity index (χ4n) is 2.69. The van der Waals surface area contributed by atoms with Crippen molar-refractivity contribution in [1.82, 2.24) is 19.7 Å². The van der Waals surface area contributed by atoms with Gasteiger partial charge in [0.2, 0.25) is 0 Å². The first-order valence-electron chi connectivity index (χ1n) is 7.77. The van der Waals surface area contributed by atoms with Gasteiger partial charge in [0, 0.05) is 12.7 Å². The number of hydrogen-bond acceptors (Lipinski definition) is 6. The van der Waals surface area contributed by atoms with Crippen molar-refractivity contribution in [2.45, 2.75) is 0 Å². The van der Waals surface area contributed by atoms with Crippen LogP contribution in [-0.4, -0.2) is 52.1 Å². The van der Waals surface area contributed by atoms with Crippen molar-refractivity contribution in [1.29, 1.82) is 0 Å². The van der Waals surface area contributed by atoms with Gasteiger partial charge in [0.15, 0.2) is 5.84 Å². The van der Waals surface area contributed by atoms with E-state index in [1.54, 1.807) is 41.5 Å². The van der Waals surface area contributed by atoms with Gasteiger partial charge in [-0.3, -0.25) is 4.79 Å². The van der Waals surface area contributed by atoms with Crippen molar-refractivity contribution in [2.75, 3.05) is 17.6 Å². The number of aromatic nitrogens is 3. The molecule has 1 N–H and O–H groups in total. The molecular formula is C16H14N6O3S. The number of amidine groups is 1. The average Bonchev–Trinajstić information content (AvgIpc) is 3.15. The van der Waals surface area contributed by atoms with Gasteiger partial charge in [0.1, 0.15) is 12.7 Å². The monoisotopic (exact) mass is 370 g/mol. The van der Waals surface area contributed by atoms with Crippen LogP contribution in [0.3, 0.4) is 0 Å². The molecule has 3 heterocycles. The zero-order chi connectivity index (χ0) is 18.1. The first-order valence-corrected chi connectivity index (χ1v) is 9.38. The minimum absolute atomic E-state index is 0.0785. The third-order valence-corrected chi connectivity index (χ3v) is 5.07. The van der Waals surface area contributed by atoms with Crippen LogP contribution in [0.1, 0.15) is 0 Å². The molecule has 2 aromatic rings. The number of carbonyl (C=O) groups excluding carboxylic acids is 1. The molecule has 0 bridgehead atoms. The van der Waals surface area contributed by atoms with Gasteiger partial charge in [-0.15, -0.1) is 4.40 Å². The number of hydrogen-bond donors (Lipinski definition) is 1. The predicted molar refractivity (Wildman–Crippen MR) is 95.1 cm³/mol. The Morgan fingerprint density at radius 1 is 1.23 bits per heavy atom. The van der Waals surface area contributed by atoms with E-state index in [-0.39, 0.29) is 23.7 Å². The maximum Gasteiger partial charge on any atom is 0.259 e. The van der Waals surface area contributed by atoms with Gasteiger partial charge in [-0.25, -0.2) is 18.1 Å². The summed E-state index contributed by atoms with van der Waals surface area (Å²) in [5.74, 6) is -0.400. The number of anilines is 1. The average molecular weight is 370 g/mol. The zero-order valence-electron chi connectivity index (χ0n) is 13.5. The third kappa shape index (κ3) is 3.02. The maximum absolute atomic E-state index is 12.8. The molecule has 0 atom stereocenters. The van der Waals surface area contributed by atoms with E-state index in [0.717, 1.165) is 0 Å². The molecule has 10 heteroatoms. The summed E-state index contributed by atoms with van der Waals surface area (Å²) in [6, 6.07) is 7.11. The molecule has 0 saturated carbocycles. The number of benzene rings is 1. The van der Waals surface area contributed by atoms with Crippen LogP contribution in [0.15, 0.2) is 65.2 Å². The van der Waals surface area contributed by atoms with Crippen LogP contribution in [0.4, 0.5) is 5.69 Å². The number of amides is 1. The summed E-state index contributed by atoms with van der Waals surface area (Å²) in [5.41, 5.74) is 1.34. The van der Waals surface area contributed by atoms with Crippen molar-refractivity contribution in [3.8, 4) is 5.69 Å². The fraction of sp³-hybridized carbons (Fsp3) is 0.125. The molecule has 0 saturated heterocycles. The molecular weight excluding hydrogens is 356 g/mol. The summed E-state index contributed by atoms with van der Waals surface area (Å²) in [4.78, 5) is 18.4. The summed E-state index contributed by atoms with van der Waals surface area (Å²) < 4.78 is 28.9. The van der Waals surface area contributed by atoms with Crippen LogP contribution in [0, 0.1) is 0 Å². The SMILES string of the molecule is O=C(Nc1ccccc1-n1cncn1)C1=CC=CN2CCS(=O)(=O)N=C12. The molecule has 0 aliphatic carbocycles. The van der Waals surface area contributed by atoms with E-state index >= 15 is 0 Å². The lowest BCUT2D eigenvalue weighted by Gasteiger charge is -2.28. The van der Waals surface area contributed by atoms with Crippen LogP contribution < -0.4 is 5.32 Å². The van der Waals surface area contributed by atoms with Gasteiger partial charge >= 0.3 is 0 Å². The van der Waals surface area contributed by atoms with Gasteiger partial charge in [0.25, 0.3) is 15.9 Å². The van der Waals surface area contributed by atoms with Crippen LogP contribution in [0.25, 0.3) is 5.69 Å². The van der Waals surface area contributed by atoms with Gasteiger partial charge in [-0.1, -0.05) is 12.1 Å². The van der Waals surface area contributed by atoms with Crippen molar-refractivity contribution in [3.63, 3.8) is 0 Å². The Kier molecular flexibility index (Phi) is 3.88. The Balaban J connectivity index is 1.67. The standard InChI is InChI=1S/C16H14N6O3S/c23-16(12-4-3-7-21-8-9-26(24,25)20-15(12)21)19-13-5-1-2-6-14(13)22-11-17-10-18-22/h1-7,10-11H,8-9H2,(H,19,23). The van der Waals surface area contributed by atoms with E-state index in [0.29, 0.717) is 11.4 Å². The normalized spacial score (nSPS) is 17.9. The minimum atomic E-state index is -3.57. The maximum atomic E-state index is 12.8. The summed E-state index contributed by atoms with van der Waals surface area (Å²) in [5, 5.41) is 6.87.